The van der Waals surface area contributed by atoms with Gasteiger partial charge in [0.1, 0.15) is 12.4 Å². The molecule has 0 aromatic heterocycles. The van der Waals surface area contributed by atoms with E-state index in [1.54, 1.807) is 16.7 Å². The lowest BCUT2D eigenvalue weighted by Crippen LogP contribution is -2.27. The third-order valence-electron chi connectivity index (χ3n) is 4.58. The van der Waals surface area contributed by atoms with Gasteiger partial charge in [0, 0.05) is 9.92 Å². The van der Waals surface area contributed by atoms with Gasteiger partial charge in [0.05, 0.1) is 10.6 Å². The van der Waals surface area contributed by atoms with Crippen molar-refractivity contribution in [1.82, 2.24) is 0 Å². The molecule has 1 heterocycles. The normalized spacial score (nSPS) is 15.0. The molecule has 4 rings (SSSR count). The fourth-order valence-corrected chi connectivity index (χ4v) is 4.91. The van der Waals surface area contributed by atoms with E-state index in [0.29, 0.717) is 20.9 Å². The number of carbonyl (C=O) groups excluding carboxylic acids is 1. The summed E-state index contributed by atoms with van der Waals surface area (Å²) < 4.78 is 6.43. The molecule has 31 heavy (non-hydrogen) atoms. The summed E-state index contributed by atoms with van der Waals surface area (Å²) in [7, 11) is 0. The van der Waals surface area contributed by atoms with Gasteiger partial charge in [0.15, 0.2) is 4.32 Å². The Bertz CT molecular complexity index is 1160. The maximum absolute atomic E-state index is 13.0. The third kappa shape index (κ3) is 5.33. The lowest BCUT2D eigenvalue weighted by atomic mass is 10.2. The molecule has 0 bridgehead atoms. The summed E-state index contributed by atoms with van der Waals surface area (Å²) in [5.41, 5.74) is 2.70. The molecule has 1 amide bonds. The Morgan fingerprint density at radius 1 is 1.10 bits per heavy atom. The van der Waals surface area contributed by atoms with Gasteiger partial charge in [-0.15, -0.1) is 11.8 Å². The van der Waals surface area contributed by atoms with E-state index in [-0.39, 0.29) is 5.91 Å². The molecule has 7 heteroatoms. The molecule has 0 saturated carbocycles. The van der Waals surface area contributed by atoms with Crippen LogP contribution in [0.2, 0.25) is 5.02 Å². The summed E-state index contributed by atoms with van der Waals surface area (Å²) in [6, 6.07) is 23.0. The van der Waals surface area contributed by atoms with Crippen LogP contribution in [0, 0.1) is 0 Å². The van der Waals surface area contributed by atoms with E-state index in [1.807, 2.05) is 85.1 Å². The van der Waals surface area contributed by atoms with Gasteiger partial charge in [-0.05, 0) is 65.9 Å². The molecule has 1 fully saturated rings. The molecular weight excluding hydrogens is 466 g/mol. The summed E-state index contributed by atoms with van der Waals surface area (Å²) >= 11 is 14.4. The van der Waals surface area contributed by atoms with Crippen molar-refractivity contribution in [2.24, 2.45) is 0 Å². The molecule has 1 saturated heterocycles. The average Bonchev–Trinajstić information content (AvgIpc) is 3.06. The Kier molecular flexibility index (Phi) is 7.02. The first-order valence-corrected chi connectivity index (χ1v) is 12.3. The first-order chi connectivity index (χ1) is 15.0. The van der Waals surface area contributed by atoms with Gasteiger partial charge in [-0.2, -0.15) is 0 Å². The molecule has 0 N–H and O–H groups in total. The smallest absolute Gasteiger partial charge is 0.270 e. The van der Waals surface area contributed by atoms with Crippen LogP contribution in [0.15, 0.2) is 82.6 Å². The monoisotopic (exact) mass is 483 g/mol. The van der Waals surface area contributed by atoms with Gasteiger partial charge in [-0.25, -0.2) is 0 Å². The Hall–Kier alpha value is -2.25. The fraction of sp³-hybridized carbons (Fsp3) is 0.0833. The number of hydrogen-bond donors (Lipinski definition) is 0. The van der Waals surface area contributed by atoms with E-state index in [0.717, 1.165) is 27.5 Å². The first kappa shape index (κ1) is 22.0. The highest BCUT2D eigenvalue weighted by Crippen LogP contribution is 2.37. The number of thioether (sulfide) groups is 2. The predicted octanol–water partition coefficient (Wildman–Crippen LogP) is 7.05. The molecule has 156 valence electrons. The lowest BCUT2D eigenvalue weighted by molar-refractivity contribution is -0.113. The SMILES string of the molecule is CSc1cccc(N2C(=O)/C(=C\c3cccc(OCc4ccc(Cl)cc4)c3)SC2=S)c1. The number of amides is 1. The molecule has 0 aliphatic carbocycles. The molecule has 0 unspecified atom stereocenters. The quantitative estimate of drug-likeness (QED) is 0.213. The second-order valence-corrected chi connectivity index (χ2v) is 9.70. The highest BCUT2D eigenvalue weighted by atomic mass is 35.5. The number of halogens is 1. The molecule has 3 aromatic rings. The minimum atomic E-state index is -0.110. The highest BCUT2D eigenvalue weighted by molar-refractivity contribution is 8.27. The Labute approximate surface area is 200 Å². The molecular formula is C24H18ClNO2S3. The van der Waals surface area contributed by atoms with Gasteiger partial charge in [0.25, 0.3) is 5.91 Å². The van der Waals surface area contributed by atoms with Crippen molar-refractivity contribution >= 4 is 69.3 Å². The van der Waals surface area contributed by atoms with E-state index in [9.17, 15) is 4.79 Å². The van der Waals surface area contributed by atoms with Crippen LogP contribution in [0.3, 0.4) is 0 Å². The van der Waals surface area contributed by atoms with E-state index < -0.39 is 0 Å². The van der Waals surface area contributed by atoms with Crippen LogP contribution >= 0.6 is 47.3 Å². The fourth-order valence-electron chi connectivity index (χ4n) is 3.03. The van der Waals surface area contributed by atoms with Gasteiger partial charge >= 0.3 is 0 Å². The van der Waals surface area contributed by atoms with E-state index in [4.69, 9.17) is 28.6 Å². The van der Waals surface area contributed by atoms with Crippen molar-refractivity contribution in [3.8, 4) is 5.75 Å². The van der Waals surface area contributed by atoms with Gasteiger partial charge < -0.3 is 4.74 Å². The van der Waals surface area contributed by atoms with Crippen LogP contribution < -0.4 is 9.64 Å². The number of benzene rings is 3. The molecule has 1 aliphatic rings. The van der Waals surface area contributed by atoms with Gasteiger partial charge in [0.2, 0.25) is 0 Å². The molecule has 1 aliphatic heterocycles. The van der Waals surface area contributed by atoms with Gasteiger partial charge in [-0.3, -0.25) is 9.69 Å². The van der Waals surface area contributed by atoms with Crippen LogP contribution in [0.25, 0.3) is 6.08 Å². The van der Waals surface area contributed by atoms with Crippen molar-refractivity contribution in [2.75, 3.05) is 11.2 Å². The molecule has 0 atom stereocenters. The van der Waals surface area contributed by atoms with Crippen molar-refractivity contribution < 1.29 is 9.53 Å². The number of carbonyl (C=O) groups is 1. The summed E-state index contributed by atoms with van der Waals surface area (Å²) in [5, 5.41) is 0.697. The number of thiocarbonyl (C=S) groups is 1. The Morgan fingerprint density at radius 3 is 2.65 bits per heavy atom. The van der Waals surface area contributed by atoms with E-state index >= 15 is 0 Å². The number of hydrogen-bond acceptors (Lipinski definition) is 5. The van der Waals surface area contributed by atoms with E-state index in [2.05, 4.69) is 0 Å². The second kappa shape index (κ2) is 9.92. The third-order valence-corrected chi connectivity index (χ3v) is 6.86. The van der Waals surface area contributed by atoms with Crippen LogP contribution in [0.4, 0.5) is 5.69 Å². The molecule has 3 nitrogen and oxygen atoms in total. The largest absolute Gasteiger partial charge is 0.489 e. The standard InChI is InChI=1S/C24H18ClNO2S3/c1-30-21-7-3-5-19(14-21)26-23(27)22(31-24(26)29)13-17-4-2-6-20(12-17)28-15-16-8-10-18(25)11-9-16/h2-14H,15H2,1H3/b22-13+. The minimum Gasteiger partial charge on any atom is -0.489 e. The molecule has 3 aromatic carbocycles. The topological polar surface area (TPSA) is 29.5 Å². The number of anilines is 1. The summed E-state index contributed by atoms with van der Waals surface area (Å²) in [6.07, 6.45) is 3.86. The molecule has 0 radical (unpaired) electrons. The summed E-state index contributed by atoms with van der Waals surface area (Å²) in [4.78, 5) is 16.3. The first-order valence-electron chi connectivity index (χ1n) is 9.43. The van der Waals surface area contributed by atoms with Crippen molar-refractivity contribution in [2.45, 2.75) is 11.5 Å². The van der Waals surface area contributed by atoms with Crippen molar-refractivity contribution in [3.05, 3.63) is 93.9 Å². The van der Waals surface area contributed by atoms with Crippen LogP contribution in [-0.2, 0) is 11.4 Å². The maximum Gasteiger partial charge on any atom is 0.270 e. The zero-order valence-corrected chi connectivity index (χ0v) is 19.8. The van der Waals surface area contributed by atoms with Crippen LogP contribution in [-0.4, -0.2) is 16.5 Å². The summed E-state index contributed by atoms with van der Waals surface area (Å²) in [5.74, 6) is 0.618. The van der Waals surface area contributed by atoms with Crippen LogP contribution in [0.1, 0.15) is 11.1 Å². The van der Waals surface area contributed by atoms with Crippen molar-refractivity contribution in [3.63, 3.8) is 0 Å². The zero-order valence-electron chi connectivity index (χ0n) is 16.6. The Morgan fingerprint density at radius 2 is 1.87 bits per heavy atom. The second-order valence-electron chi connectivity index (χ2n) is 6.71. The number of nitrogens with zero attached hydrogens (tertiary/aromatic N) is 1. The minimum absolute atomic E-state index is 0.110. The zero-order chi connectivity index (χ0) is 21.8. The highest BCUT2D eigenvalue weighted by Gasteiger charge is 2.33. The Balaban J connectivity index is 1.50. The van der Waals surface area contributed by atoms with E-state index in [1.165, 1.54) is 11.8 Å². The average molecular weight is 484 g/mol. The number of ether oxygens (including phenoxy) is 1. The van der Waals surface area contributed by atoms with Crippen LogP contribution in [0.5, 0.6) is 5.75 Å². The maximum atomic E-state index is 13.0. The lowest BCUT2D eigenvalue weighted by Gasteiger charge is -2.15. The number of rotatable bonds is 6. The summed E-state index contributed by atoms with van der Waals surface area (Å²) in [6.45, 7) is 0.439. The van der Waals surface area contributed by atoms with Crippen molar-refractivity contribution in [1.29, 1.82) is 0 Å². The van der Waals surface area contributed by atoms with Gasteiger partial charge in [-0.1, -0.05) is 65.9 Å². The molecule has 0 spiro atoms. The predicted molar refractivity (Wildman–Crippen MR) is 136 cm³/mol.